The Bertz CT molecular complexity index is 806. The van der Waals surface area contributed by atoms with E-state index in [0.29, 0.717) is 16.7 Å². The number of ether oxygens (including phenoxy) is 2. The molecule has 26 heavy (non-hydrogen) atoms. The van der Waals surface area contributed by atoms with Gasteiger partial charge in [-0.2, -0.15) is 0 Å². The minimum atomic E-state index is -0.581. The van der Waals surface area contributed by atoms with Gasteiger partial charge in [0.2, 0.25) is 0 Å². The highest BCUT2D eigenvalue weighted by Crippen LogP contribution is 2.12. The van der Waals surface area contributed by atoms with Crippen molar-refractivity contribution in [2.75, 3.05) is 6.61 Å². The van der Waals surface area contributed by atoms with Gasteiger partial charge >= 0.3 is 11.9 Å². The molecule has 1 unspecified atom stereocenters. The van der Waals surface area contributed by atoms with Crippen molar-refractivity contribution in [3.05, 3.63) is 83.4 Å². The Balaban J connectivity index is 1.93. The van der Waals surface area contributed by atoms with Crippen molar-refractivity contribution < 1.29 is 23.9 Å². The van der Waals surface area contributed by atoms with Crippen LogP contribution in [0.25, 0.3) is 0 Å². The molecule has 0 heterocycles. The zero-order valence-corrected chi connectivity index (χ0v) is 14.7. The van der Waals surface area contributed by atoms with E-state index in [1.54, 1.807) is 50.2 Å². The Morgan fingerprint density at radius 1 is 0.923 bits per heavy atom. The summed E-state index contributed by atoms with van der Waals surface area (Å²) in [5.41, 5.74) is 1.65. The van der Waals surface area contributed by atoms with Gasteiger partial charge in [-0.15, -0.1) is 0 Å². The monoisotopic (exact) mass is 352 g/mol. The van der Waals surface area contributed by atoms with Crippen LogP contribution < -0.4 is 0 Å². The van der Waals surface area contributed by atoms with Crippen molar-refractivity contribution in [2.45, 2.75) is 20.0 Å². The molecule has 0 amide bonds. The van der Waals surface area contributed by atoms with Crippen LogP contribution in [0.2, 0.25) is 0 Å². The molecule has 5 heteroatoms. The number of rotatable bonds is 7. The second-order valence-corrected chi connectivity index (χ2v) is 5.87. The third kappa shape index (κ3) is 5.14. The Labute approximate surface area is 152 Å². The third-order valence-electron chi connectivity index (χ3n) is 3.52. The quantitative estimate of drug-likeness (QED) is 0.433. The van der Waals surface area contributed by atoms with Crippen molar-refractivity contribution in [1.29, 1.82) is 0 Å². The minimum absolute atomic E-state index is 0.0669. The van der Waals surface area contributed by atoms with Crippen molar-refractivity contribution in [1.82, 2.24) is 0 Å². The molecule has 2 rings (SSSR count). The lowest BCUT2D eigenvalue weighted by molar-refractivity contribution is -0.145. The lowest BCUT2D eigenvalue weighted by atomic mass is 10.0. The smallest absolute Gasteiger partial charge is 0.338 e. The Kier molecular flexibility index (Phi) is 6.44. The standard InChI is InChI=1S/C21H20O5/c1-14(2)20(23)26-15(3)13-25-21(24)18-11-9-17(10-12-18)19(22)16-7-5-4-6-8-16/h4-12,15H,1,13H2,2-3H3. The summed E-state index contributed by atoms with van der Waals surface area (Å²) in [5.74, 6) is -1.20. The molecule has 0 saturated carbocycles. The van der Waals surface area contributed by atoms with E-state index in [-0.39, 0.29) is 18.0 Å². The summed E-state index contributed by atoms with van der Waals surface area (Å²) in [6.45, 7) is 6.58. The summed E-state index contributed by atoms with van der Waals surface area (Å²) < 4.78 is 10.2. The van der Waals surface area contributed by atoms with Crippen LogP contribution in [-0.2, 0) is 14.3 Å². The molecular weight excluding hydrogens is 332 g/mol. The van der Waals surface area contributed by atoms with Crippen LogP contribution in [0.15, 0.2) is 66.7 Å². The number of esters is 2. The summed E-state index contributed by atoms with van der Waals surface area (Å²) in [5, 5.41) is 0. The van der Waals surface area contributed by atoms with Crippen LogP contribution in [0.1, 0.15) is 40.1 Å². The zero-order valence-electron chi connectivity index (χ0n) is 14.7. The molecule has 0 spiro atoms. The fourth-order valence-electron chi connectivity index (χ4n) is 2.11. The molecule has 134 valence electrons. The second-order valence-electron chi connectivity index (χ2n) is 5.87. The predicted molar refractivity (Wildman–Crippen MR) is 97.0 cm³/mol. The van der Waals surface area contributed by atoms with Crippen LogP contribution in [0, 0.1) is 0 Å². The molecular formula is C21H20O5. The maximum Gasteiger partial charge on any atom is 0.338 e. The normalized spacial score (nSPS) is 11.3. The molecule has 0 N–H and O–H groups in total. The van der Waals surface area contributed by atoms with Gasteiger partial charge in [0.1, 0.15) is 12.7 Å². The van der Waals surface area contributed by atoms with Gasteiger partial charge in [0.15, 0.2) is 5.78 Å². The SMILES string of the molecule is C=C(C)C(=O)OC(C)COC(=O)c1ccc(C(=O)c2ccccc2)cc1. The average molecular weight is 352 g/mol. The van der Waals surface area contributed by atoms with Crippen LogP contribution in [0.5, 0.6) is 0 Å². The number of ketones is 1. The zero-order chi connectivity index (χ0) is 19.1. The predicted octanol–water partition coefficient (Wildman–Crippen LogP) is 3.58. The van der Waals surface area contributed by atoms with Crippen molar-refractivity contribution in [3.8, 4) is 0 Å². The van der Waals surface area contributed by atoms with E-state index in [0.717, 1.165) is 0 Å². The van der Waals surface area contributed by atoms with Gasteiger partial charge in [-0.3, -0.25) is 4.79 Å². The molecule has 0 bridgehead atoms. The molecule has 2 aromatic carbocycles. The molecule has 0 aromatic heterocycles. The van der Waals surface area contributed by atoms with E-state index in [1.165, 1.54) is 12.1 Å². The first-order valence-corrected chi connectivity index (χ1v) is 8.12. The average Bonchev–Trinajstić information content (AvgIpc) is 2.66. The topological polar surface area (TPSA) is 69.7 Å². The van der Waals surface area contributed by atoms with Gasteiger partial charge in [-0.05, 0) is 26.0 Å². The van der Waals surface area contributed by atoms with Gasteiger partial charge in [0.25, 0.3) is 0 Å². The van der Waals surface area contributed by atoms with Crippen LogP contribution in [0.4, 0.5) is 0 Å². The van der Waals surface area contributed by atoms with Crippen LogP contribution >= 0.6 is 0 Å². The highest BCUT2D eigenvalue weighted by atomic mass is 16.6. The van der Waals surface area contributed by atoms with E-state index in [9.17, 15) is 14.4 Å². The molecule has 0 aliphatic carbocycles. The van der Waals surface area contributed by atoms with E-state index in [2.05, 4.69) is 6.58 Å². The van der Waals surface area contributed by atoms with E-state index in [1.807, 2.05) is 6.07 Å². The van der Waals surface area contributed by atoms with E-state index in [4.69, 9.17) is 9.47 Å². The number of hydrogen-bond donors (Lipinski definition) is 0. The molecule has 0 saturated heterocycles. The number of carbonyl (C=O) groups is 3. The largest absolute Gasteiger partial charge is 0.458 e. The highest BCUT2D eigenvalue weighted by molar-refractivity contribution is 6.09. The second kappa shape index (κ2) is 8.76. The molecule has 1 atom stereocenters. The van der Waals surface area contributed by atoms with Gasteiger partial charge < -0.3 is 9.47 Å². The van der Waals surface area contributed by atoms with Crippen molar-refractivity contribution in [3.63, 3.8) is 0 Å². The van der Waals surface area contributed by atoms with E-state index < -0.39 is 18.0 Å². The molecule has 0 aliphatic rings. The Morgan fingerprint density at radius 3 is 2.04 bits per heavy atom. The summed E-state index contributed by atoms with van der Waals surface area (Å²) in [4.78, 5) is 35.8. The third-order valence-corrected chi connectivity index (χ3v) is 3.52. The van der Waals surface area contributed by atoms with Gasteiger partial charge in [0.05, 0.1) is 5.56 Å². The first-order chi connectivity index (χ1) is 12.4. The van der Waals surface area contributed by atoms with Gasteiger partial charge in [0, 0.05) is 16.7 Å². The molecule has 5 nitrogen and oxygen atoms in total. The molecule has 2 aromatic rings. The van der Waals surface area contributed by atoms with Crippen molar-refractivity contribution in [2.24, 2.45) is 0 Å². The maximum absolute atomic E-state index is 12.3. The molecule has 0 aliphatic heterocycles. The maximum atomic E-state index is 12.3. The van der Waals surface area contributed by atoms with Crippen molar-refractivity contribution >= 4 is 17.7 Å². The number of benzene rings is 2. The Hall–Kier alpha value is -3.21. The molecule has 0 fully saturated rings. The first-order valence-electron chi connectivity index (χ1n) is 8.12. The van der Waals surface area contributed by atoms with E-state index >= 15 is 0 Å². The Morgan fingerprint density at radius 2 is 1.46 bits per heavy atom. The summed E-state index contributed by atoms with van der Waals surface area (Å²) in [7, 11) is 0. The summed E-state index contributed by atoms with van der Waals surface area (Å²) >= 11 is 0. The fraction of sp³-hybridized carbons (Fsp3) is 0.190. The molecule has 0 radical (unpaired) electrons. The lowest BCUT2D eigenvalue weighted by Crippen LogP contribution is -2.22. The highest BCUT2D eigenvalue weighted by Gasteiger charge is 2.15. The first kappa shape index (κ1) is 19.1. The summed E-state index contributed by atoms with van der Waals surface area (Å²) in [6, 6.07) is 15.1. The minimum Gasteiger partial charge on any atom is -0.458 e. The summed E-state index contributed by atoms with van der Waals surface area (Å²) in [6.07, 6.45) is -0.581. The fourth-order valence-corrected chi connectivity index (χ4v) is 2.11. The van der Waals surface area contributed by atoms with Crippen LogP contribution in [0.3, 0.4) is 0 Å². The number of hydrogen-bond acceptors (Lipinski definition) is 5. The van der Waals surface area contributed by atoms with Gasteiger partial charge in [-0.1, -0.05) is 49.0 Å². The lowest BCUT2D eigenvalue weighted by Gasteiger charge is -2.13. The number of carbonyl (C=O) groups excluding carboxylic acids is 3. The van der Waals surface area contributed by atoms with Crippen LogP contribution in [-0.4, -0.2) is 30.4 Å². The van der Waals surface area contributed by atoms with Gasteiger partial charge in [-0.25, -0.2) is 9.59 Å².